The Kier molecular flexibility index (Phi) is 5.48. The topological polar surface area (TPSA) is 78.5 Å². The van der Waals surface area contributed by atoms with Gasteiger partial charge in [0.2, 0.25) is 11.8 Å². The number of carbonyl (C=O) groups is 3. The number of hydrogen-bond acceptors (Lipinski definition) is 3. The molecule has 8 heteroatoms. The van der Waals surface area contributed by atoms with E-state index in [1.165, 1.54) is 4.90 Å². The maximum absolute atomic E-state index is 12.8. The third kappa shape index (κ3) is 4.38. The van der Waals surface area contributed by atoms with Gasteiger partial charge < -0.3 is 15.5 Å². The van der Waals surface area contributed by atoms with Crippen LogP contribution in [0.3, 0.4) is 0 Å². The minimum Gasteiger partial charge on any atom is -0.349 e. The van der Waals surface area contributed by atoms with Gasteiger partial charge in [0.15, 0.2) is 0 Å². The van der Waals surface area contributed by atoms with Gasteiger partial charge in [-0.3, -0.25) is 14.4 Å². The molecule has 0 spiro atoms. The Bertz CT molecular complexity index is 974. The number of benzene rings is 2. The summed E-state index contributed by atoms with van der Waals surface area (Å²) in [7, 11) is 0. The number of rotatable bonds is 5. The molecule has 3 amide bonds. The Morgan fingerprint density at radius 1 is 1.00 bits per heavy atom. The zero-order chi connectivity index (χ0) is 20.5. The van der Waals surface area contributed by atoms with Gasteiger partial charge in [-0.2, -0.15) is 0 Å². The van der Waals surface area contributed by atoms with E-state index in [1.807, 2.05) is 0 Å². The lowest BCUT2D eigenvalue weighted by atomic mass is 10.1. The van der Waals surface area contributed by atoms with Crippen LogP contribution in [0.4, 0.5) is 11.4 Å². The van der Waals surface area contributed by atoms with Crippen LogP contribution in [0.1, 0.15) is 29.6 Å². The Labute approximate surface area is 178 Å². The van der Waals surface area contributed by atoms with E-state index in [9.17, 15) is 14.4 Å². The monoisotopic (exact) mass is 431 g/mol. The second kappa shape index (κ2) is 8.05. The zero-order valence-electron chi connectivity index (χ0n) is 15.5. The van der Waals surface area contributed by atoms with Crippen molar-refractivity contribution in [3.05, 3.63) is 58.1 Å². The van der Waals surface area contributed by atoms with E-state index in [0.29, 0.717) is 39.9 Å². The highest BCUT2D eigenvalue weighted by atomic mass is 35.5. The highest BCUT2D eigenvalue weighted by Crippen LogP contribution is 2.33. The zero-order valence-corrected chi connectivity index (χ0v) is 17.0. The summed E-state index contributed by atoms with van der Waals surface area (Å²) in [6.07, 6.45) is 2.43. The lowest BCUT2D eigenvalue weighted by Crippen LogP contribution is -2.33. The van der Waals surface area contributed by atoms with Crippen LogP contribution in [0.5, 0.6) is 0 Å². The first-order chi connectivity index (χ1) is 13.9. The van der Waals surface area contributed by atoms with Crippen molar-refractivity contribution in [3.8, 4) is 0 Å². The number of anilines is 2. The smallest absolute Gasteiger partial charge is 0.251 e. The van der Waals surface area contributed by atoms with Gasteiger partial charge in [0.25, 0.3) is 5.91 Å². The van der Waals surface area contributed by atoms with Gasteiger partial charge in [0, 0.05) is 28.9 Å². The molecule has 0 aromatic heterocycles. The maximum atomic E-state index is 12.8. The van der Waals surface area contributed by atoms with Crippen LogP contribution in [0.2, 0.25) is 10.0 Å². The van der Waals surface area contributed by atoms with Crippen molar-refractivity contribution in [1.82, 2.24) is 5.32 Å². The molecule has 1 unspecified atom stereocenters. The second-order valence-corrected chi connectivity index (χ2v) is 8.08. The van der Waals surface area contributed by atoms with Crippen LogP contribution in [0.25, 0.3) is 0 Å². The molecule has 0 bridgehead atoms. The van der Waals surface area contributed by atoms with Gasteiger partial charge in [-0.15, -0.1) is 0 Å². The van der Waals surface area contributed by atoms with Gasteiger partial charge >= 0.3 is 0 Å². The normalized spacial score (nSPS) is 18.6. The molecule has 2 aromatic carbocycles. The van der Waals surface area contributed by atoms with Gasteiger partial charge in [0.1, 0.15) is 5.92 Å². The fourth-order valence-electron chi connectivity index (χ4n) is 3.29. The summed E-state index contributed by atoms with van der Waals surface area (Å²) in [5.74, 6) is -1.62. The highest BCUT2D eigenvalue weighted by molar-refractivity contribution is 6.36. The average molecular weight is 432 g/mol. The Morgan fingerprint density at radius 2 is 1.72 bits per heavy atom. The average Bonchev–Trinajstić information content (AvgIpc) is 3.43. The molecular formula is C21H19Cl2N3O3. The molecule has 1 saturated carbocycles. The molecule has 1 atom stereocenters. The van der Waals surface area contributed by atoms with Crippen LogP contribution >= 0.6 is 23.2 Å². The van der Waals surface area contributed by atoms with E-state index < -0.39 is 5.92 Å². The lowest BCUT2D eigenvalue weighted by molar-refractivity contribution is -0.129. The predicted octanol–water partition coefficient (Wildman–Crippen LogP) is 3.88. The SMILES string of the molecule is O=C(NC1CC1)c1ccc(NC(=O)C2CCN(c3cc(Cl)ccc3Cl)C2=O)cc1. The number of halogens is 2. The molecule has 2 aliphatic rings. The fourth-order valence-corrected chi connectivity index (χ4v) is 3.67. The molecule has 6 nitrogen and oxygen atoms in total. The second-order valence-electron chi connectivity index (χ2n) is 7.24. The molecular weight excluding hydrogens is 413 g/mol. The molecule has 1 aliphatic carbocycles. The van der Waals surface area contributed by atoms with E-state index in [1.54, 1.807) is 42.5 Å². The van der Waals surface area contributed by atoms with E-state index in [4.69, 9.17) is 23.2 Å². The Morgan fingerprint density at radius 3 is 2.41 bits per heavy atom. The number of carbonyl (C=O) groups excluding carboxylic acids is 3. The third-order valence-electron chi connectivity index (χ3n) is 5.05. The molecule has 150 valence electrons. The molecule has 2 fully saturated rings. The summed E-state index contributed by atoms with van der Waals surface area (Å²) in [6.45, 7) is 0.386. The van der Waals surface area contributed by atoms with Crippen molar-refractivity contribution < 1.29 is 14.4 Å². The molecule has 0 radical (unpaired) electrons. The van der Waals surface area contributed by atoms with Crippen LogP contribution in [-0.2, 0) is 9.59 Å². The maximum Gasteiger partial charge on any atom is 0.251 e. The molecule has 2 aromatic rings. The van der Waals surface area contributed by atoms with Crippen molar-refractivity contribution >= 4 is 52.3 Å². The van der Waals surface area contributed by atoms with Crippen molar-refractivity contribution in [2.45, 2.75) is 25.3 Å². The molecule has 1 saturated heterocycles. The van der Waals surface area contributed by atoms with Crippen molar-refractivity contribution in [2.75, 3.05) is 16.8 Å². The van der Waals surface area contributed by atoms with Gasteiger partial charge in [0.05, 0.1) is 10.7 Å². The van der Waals surface area contributed by atoms with Crippen LogP contribution in [0, 0.1) is 5.92 Å². The van der Waals surface area contributed by atoms with E-state index >= 15 is 0 Å². The minimum atomic E-state index is -0.803. The summed E-state index contributed by atoms with van der Waals surface area (Å²) in [5.41, 5.74) is 1.57. The summed E-state index contributed by atoms with van der Waals surface area (Å²) in [6, 6.07) is 11.8. The van der Waals surface area contributed by atoms with Crippen LogP contribution in [0.15, 0.2) is 42.5 Å². The van der Waals surface area contributed by atoms with E-state index in [2.05, 4.69) is 10.6 Å². The van der Waals surface area contributed by atoms with Crippen molar-refractivity contribution in [2.24, 2.45) is 5.92 Å². The quantitative estimate of drug-likeness (QED) is 0.704. The first-order valence-electron chi connectivity index (χ1n) is 9.40. The summed E-state index contributed by atoms with van der Waals surface area (Å²) >= 11 is 12.2. The predicted molar refractivity (Wildman–Crippen MR) is 112 cm³/mol. The van der Waals surface area contributed by atoms with Crippen molar-refractivity contribution in [1.29, 1.82) is 0 Å². The summed E-state index contributed by atoms with van der Waals surface area (Å²) in [4.78, 5) is 38.9. The van der Waals surface area contributed by atoms with E-state index in [-0.39, 0.29) is 23.8 Å². The summed E-state index contributed by atoms with van der Waals surface area (Å²) in [5, 5.41) is 6.54. The number of nitrogens with zero attached hydrogens (tertiary/aromatic N) is 1. The Hall–Kier alpha value is -2.57. The van der Waals surface area contributed by atoms with Crippen molar-refractivity contribution in [3.63, 3.8) is 0 Å². The first-order valence-corrected chi connectivity index (χ1v) is 10.2. The molecule has 1 heterocycles. The number of hydrogen-bond donors (Lipinski definition) is 2. The molecule has 29 heavy (non-hydrogen) atoms. The standard InChI is InChI=1S/C21H19Cl2N3O3/c22-13-3-8-17(23)18(11-13)26-10-9-16(21(26)29)20(28)25-14-4-1-12(2-5-14)19(27)24-15-6-7-15/h1-5,8,11,15-16H,6-7,9-10H2,(H,24,27)(H,25,28). The number of nitrogens with one attached hydrogen (secondary N) is 2. The first kappa shape index (κ1) is 19.7. The highest BCUT2D eigenvalue weighted by Gasteiger charge is 2.38. The third-order valence-corrected chi connectivity index (χ3v) is 5.60. The van der Waals surface area contributed by atoms with Gasteiger partial charge in [-0.25, -0.2) is 0 Å². The van der Waals surface area contributed by atoms with Gasteiger partial charge in [-0.05, 0) is 61.7 Å². The lowest BCUT2D eigenvalue weighted by Gasteiger charge is -2.18. The Balaban J connectivity index is 1.40. The van der Waals surface area contributed by atoms with Gasteiger partial charge in [-0.1, -0.05) is 23.2 Å². The van der Waals surface area contributed by atoms with E-state index in [0.717, 1.165) is 12.8 Å². The fraction of sp³-hybridized carbons (Fsp3) is 0.286. The summed E-state index contributed by atoms with van der Waals surface area (Å²) < 4.78 is 0. The largest absolute Gasteiger partial charge is 0.349 e. The number of amides is 3. The van der Waals surface area contributed by atoms with Crippen LogP contribution < -0.4 is 15.5 Å². The molecule has 2 N–H and O–H groups in total. The molecule has 1 aliphatic heterocycles. The minimum absolute atomic E-state index is 0.120. The molecule has 4 rings (SSSR count). The van der Waals surface area contributed by atoms with Crippen LogP contribution in [-0.4, -0.2) is 30.3 Å².